The molecule has 1 atom stereocenters. The predicted octanol–water partition coefficient (Wildman–Crippen LogP) is 3.22. The highest BCUT2D eigenvalue weighted by molar-refractivity contribution is 5.74. The zero-order valence-electron chi connectivity index (χ0n) is 14.0. The standard InChI is InChI=1S/C17H23FN4O/c1-5-22-13(4)16(12(3)21-22)10-19-17(23)20-11(2)14-6-8-15(18)9-7-14/h6-9,11H,5,10H2,1-4H3,(H2,19,20,23)/t11-/m1/s1. The number of hydrogen-bond donors (Lipinski definition) is 2. The smallest absolute Gasteiger partial charge is 0.315 e. The highest BCUT2D eigenvalue weighted by Crippen LogP contribution is 2.14. The minimum absolute atomic E-state index is 0.198. The van der Waals surface area contributed by atoms with Gasteiger partial charge in [0.15, 0.2) is 0 Å². The number of urea groups is 1. The molecular weight excluding hydrogens is 295 g/mol. The lowest BCUT2D eigenvalue weighted by atomic mass is 10.1. The normalized spacial score (nSPS) is 12.0. The first-order valence-electron chi connectivity index (χ1n) is 7.75. The Kier molecular flexibility index (Phi) is 5.36. The van der Waals surface area contributed by atoms with Crippen molar-refractivity contribution in [1.82, 2.24) is 20.4 Å². The summed E-state index contributed by atoms with van der Waals surface area (Å²) in [5.41, 5.74) is 3.89. The van der Waals surface area contributed by atoms with Gasteiger partial charge in [0.1, 0.15) is 5.82 Å². The van der Waals surface area contributed by atoms with Gasteiger partial charge in [-0.1, -0.05) is 12.1 Å². The van der Waals surface area contributed by atoms with Crippen LogP contribution in [0.3, 0.4) is 0 Å². The average Bonchev–Trinajstić information content (AvgIpc) is 2.79. The largest absolute Gasteiger partial charge is 0.334 e. The van der Waals surface area contributed by atoms with E-state index in [1.54, 1.807) is 12.1 Å². The second kappa shape index (κ2) is 7.26. The fourth-order valence-corrected chi connectivity index (χ4v) is 2.55. The van der Waals surface area contributed by atoms with Gasteiger partial charge in [-0.2, -0.15) is 5.10 Å². The maximum atomic E-state index is 12.9. The molecule has 124 valence electrons. The molecule has 1 aromatic heterocycles. The average molecular weight is 318 g/mol. The molecule has 0 aliphatic heterocycles. The number of hydrogen-bond acceptors (Lipinski definition) is 2. The molecule has 2 N–H and O–H groups in total. The molecule has 2 aromatic rings. The topological polar surface area (TPSA) is 59.0 Å². The first kappa shape index (κ1) is 17.0. The lowest BCUT2D eigenvalue weighted by Gasteiger charge is -2.15. The van der Waals surface area contributed by atoms with Gasteiger partial charge >= 0.3 is 6.03 Å². The summed E-state index contributed by atoms with van der Waals surface area (Å²) >= 11 is 0. The fourth-order valence-electron chi connectivity index (χ4n) is 2.55. The van der Waals surface area contributed by atoms with Gasteiger partial charge in [0.05, 0.1) is 11.7 Å². The van der Waals surface area contributed by atoms with E-state index >= 15 is 0 Å². The summed E-state index contributed by atoms with van der Waals surface area (Å²) in [5, 5.41) is 10.1. The summed E-state index contributed by atoms with van der Waals surface area (Å²) in [4.78, 5) is 12.0. The third-order valence-corrected chi connectivity index (χ3v) is 3.97. The van der Waals surface area contributed by atoms with Crippen LogP contribution >= 0.6 is 0 Å². The molecular formula is C17H23FN4O. The number of aryl methyl sites for hydroxylation is 2. The Morgan fingerprint density at radius 1 is 1.30 bits per heavy atom. The zero-order valence-corrected chi connectivity index (χ0v) is 14.0. The minimum atomic E-state index is -0.288. The van der Waals surface area contributed by atoms with Gasteiger partial charge in [0, 0.05) is 24.3 Å². The Bertz CT molecular complexity index is 679. The quantitative estimate of drug-likeness (QED) is 0.889. The van der Waals surface area contributed by atoms with Gasteiger partial charge < -0.3 is 10.6 Å². The first-order valence-corrected chi connectivity index (χ1v) is 7.75. The molecule has 0 fully saturated rings. The van der Waals surface area contributed by atoms with Crippen LogP contribution in [-0.4, -0.2) is 15.8 Å². The number of carbonyl (C=O) groups excluding carboxylic acids is 1. The Morgan fingerprint density at radius 3 is 2.52 bits per heavy atom. The van der Waals surface area contributed by atoms with Crippen molar-refractivity contribution >= 4 is 6.03 Å². The molecule has 2 amide bonds. The zero-order chi connectivity index (χ0) is 17.0. The number of carbonyl (C=O) groups is 1. The lowest BCUT2D eigenvalue weighted by Crippen LogP contribution is -2.36. The van der Waals surface area contributed by atoms with E-state index in [4.69, 9.17) is 0 Å². The Labute approximate surface area is 135 Å². The molecule has 0 bridgehead atoms. The van der Waals surface area contributed by atoms with Crippen molar-refractivity contribution in [2.75, 3.05) is 0 Å². The molecule has 6 heteroatoms. The Balaban J connectivity index is 1.92. The molecule has 5 nitrogen and oxygen atoms in total. The number of aromatic nitrogens is 2. The molecule has 0 saturated carbocycles. The molecule has 0 aliphatic carbocycles. The van der Waals surface area contributed by atoms with Crippen LogP contribution in [0, 0.1) is 19.7 Å². The summed E-state index contributed by atoms with van der Waals surface area (Å²) in [6.07, 6.45) is 0. The number of benzene rings is 1. The molecule has 23 heavy (non-hydrogen) atoms. The van der Waals surface area contributed by atoms with Crippen LogP contribution in [0.1, 0.15) is 42.4 Å². The van der Waals surface area contributed by atoms with Crippen molar-refractivity contribution < 1.29 is 9.18 Å². The van der Waals surface area contributed by atoms with Crippen LogP contribution in [0.4, 0.5) is 9.18 Å². The Morgan fingerprint density at radius 2 is 1.96 bits per heavy atom. The monoisotopic (exact) mass is 318 g/mol. The number of amides is 2. The van der Waals surface area contributed by atoms with Crippen LogP contribution in [0.5, 0.6) is 0 Å². The van der Waals surface area contributed by atoms with E-state index < -0.39 is 0 Å². The second-order valence-electron chi connectivity index (χ2n) is 5.57. The molecule has 0 saturated heterocycles. The van der Waals surface area contributed by atoms with E-state index in [0.29, 0.717) is 6.54 Å². The van der Waals surface area contributed by atoms with Crippen molar-refractivity contribution in [2.24, 2.45) is 0 Å². The number of halogens is 1. The SMILES string of the molecule is CCn1nc(C)c(CNC(=O)N[C@H](C)c2ccc(F)cc2)c1C. The lowest BCUT2D eigenvalue weighted by molar-refractivity contribution is 0.237. The number of nitrogens with zero attached hydrogens (tertiary/aromatic N) is 2. The number of rotatable bonds is 5. The van der Waals surface area contributed by atoms with Crippen molar-refractivity contribution in [2.45, 2.75) is 46.8 Å². The van der Waals surface area contributed by atoms with E-state index in [2.05, 4.69) is 15.7 Å². The number of nitrogens with one attached hydrogen (secondary N) is 2. The molecule has 1 aromatic carbocycles. The van der Waals surface area contributed by atoms with Gasteiger partial charge in [-0.3, -0.25) is 4.68 Å². The van der Waals surface area contributed by atoms with Crippen molar-refractivity contribution in [1.29, 1.82) is 0 Å². The molecule has 0 aliphatic rings. The van der Waals surface area contributed by atoms with E-state index in [9.17, 15) is 9.18 Å². The van der Waals surface area contributed by atoms with Crippen LogP contribution < -0.4 is 10.6 Å². The fraction of sp³-hybridized carbons (Fsp3) is 0.412. The van der Waals surface area contributed by atoms with Gasteiger partial charge in [-0.25, -0.2) is 9.18 Å². The predicted molar refractivity (Wildman–Crippen MR) is 87.6 cm³/mol. The highest BCUT2D eigenvalue weighted by atomic mass is 19.1. The van der Waals surface area contributed by atoms with Crippen molar-refractivity contribution in [3.63, 3.8) is 0 Å². The van der Waals surface area contributed by atoms with Crippen LogP contribution in [0.25, 0.3) is 0 Å². The summed E-state index contributed by atoms with van der Waals surface area (Å²) in [6, 6.07) is 5.65. The second-order valence-corrected chi connectivity index (χ2v) is 5.57. The van der Waals surface area contributed by atoms with Crippen LogP contribution in [-0.2, 0) is 13.1 Å². The van der Waals surface area contributed by atoms with E-state index in [1.165, 1.54) is 12.1 Å². The van der Waals surface area contributed by atoms with E-state index in [-0.39, 0.29) is 17.9 Å². The third kappa shape index (κ3) is 4.09. The summed E-state index contributed by atoms with van der Waals surface area (Å²) in [7, 11) is 0. The van der Waals surface area contributed by atoms with Gasteiger partial charge in [-0.15, -0.1) is 0 Å². The summed E-state index contributed by atoms with van der Waals surface area (Å²) in [6.45, 7) is 9.07. The third-order valence-electron chi connectivity index (χ3n) is 3.97. The summed E-state index contributed by atoms with van der Waals surface area (Å²) in [5.74, 6) is -0.288. The van der Waals surface area contributed by atoms with E-state index in [1.807, 2.05) is 32.4 Å². The molecule has 0 radical (unpaired) electrons. The highest BCUT2D eigenvalue weighted by Gasteiger charge is 2.13. The van der Waals surface area contributed by atoms with Crippen molar-refractivity contribution in [3.05, 3.63) is 52.6 Å². The van der Waals surface area contributed by atoms with Gasteiger partial charge in [0.25, 0.3) is 0 Å². The van der Waals surface area contributed by atoms with Gasteiger partial charge in [0.2, 0.25) is 0 Å². The Hall–Kier alpha value is -2.37. The van der Waals surface area contributed by atoms with Crippen LogP contribution in [0.2, 0.25) is 0 Å². The molecule has 0 unspecified atom stereocenters. The maximum Gasteiger partial charge on any atom is 0.315 e. The van der Waals surface area contributed by atoms with E-state index in [0.717, 1.165) is 29.1 Å². The summed E-state index contributed by atoms with van der Waals surface area (Å²) < 4.78 is 14.8. The molecule has 1 heterocycles. The van der Waals surface area contributed by atoms with Crippen LogP contribution in [0.15, 0.2) is 24.3 Å². The maximum absolute atomic E-state index is 12.9. The molecule has 2 rings (SSSR count). The van der Waals surface area contributed by atoms with Gasteiger partial charge in [-0.05, 0) is 45.4 Å². The molecule has 0 spiro atoms. The first-order chi connectivity index (χ1) is 10.9. The van der Waals surface area contributed by atoms with Crippen molar-refractivity contribution in [3.8, 4) is 0 Å². The minimum Gasteiger partial charge on any atom is -0.334 e.